The summed E-state index contributed by atoms with van der Waals surface area (Å²) < 4.78 is 5.36. The molecule has 0 spiro atoms. The van der Waals surface area contributed by atoms with Gasteiger partial charge in [0.25, 0.3) is 0 Å². The second kappa shape index (κ2) is 3.54. The molecular weight excluding hydrogens is 180 g/mol. The highest BCUT2D eigenvalue weighted by molar-refractivity contribution is 5.85. The Bertz CT molecular complexity index is 394. The average molecular weight is 190 g/mol. The molecule has 1 aliphatic heterocycles. The van der Waals surface area contributed by atoms with Crippen molar-refractivity contribution in [3.63, 3.8) is 0 Å². The van der Waals surface area contributed by atoms with E-state index < -0.39 is 5.97 Å². The molecule has 1 N–H and O–H groups in total. The van der Waals surface area contributed by atoms with E-state index in [1.807, 2.05) is 18.2 Å². The molecule has 0 radical (unpaired) electrons. The normalized spacial score (nSPS) is 14.0. The number of ether oxygens (including phenoxy) is 1. The first-order chi connectivity index (χ1) is 6.75. The van der Waals surface area contributed by atoms with Crippen LogP contribution in [0.2, 0.25) is 0 Å². The molecule has 0 atom stereocenters. The lowest BCUT2D eigenvalue weighted by molar-refractivity contribution is -0.131. The number of fused-ring (bicyclic) bond motifs is 1. The lowest BCUT2D eigenvalue weighted by atomic mass is 10.1. The molecule has 14 heavy (non-hydrogen) atoms. The number of hydrogen-bond acceptors (Lipinski definition) is 2. The highest BCUT2D eigenvalue weighted by Crippen LogP contribution is 2.26. The Balaban J connectivity index is 2.25. The summed E-state index contributed by atoms with van der Waals surface area (Å²) in [7, 11) is 0. The highest BCUT2D eigenvalue weighted by atomic mass is 16.5. The SMILES string of the molecule is O=C(O)C=Cc1ccc2c(c1)OCC2. The molecule has 0 unspecified atom stereocenters. The van der Waals surface area contributed by atoms with E-state index in [-0.39, 0.29) is 0 Å². The van der Waals surface area contributed by atoms with E-state index in [9.17, 15) is 4.79 Å². The van der Waals surface area contributed by atoms with E-state index in [0.29, 0.717) is 0 Å². The summed E-state index contributed by atoms with van der Waals surface area (Å²) in [6.45, 7) is 0.724. The van der Waals surface area contributed by atoms with Crippen molar-refractivity contribution in [3.8, 4) is 5.75 Å². The number of aliphatic carboxylic acids is 1. The van der Waals surface area contributed by atoms with Gasteiger partial charge < -0.3 is 9.84 Å². The molecule has 0 aliphatic carbocycles. The summed E-state index contributed by atoms with van der Waals surface area (Å²) in [5.41, 5.74) is 2.05. The summed E-state index contributed by atoms with van der Waals surface area (Å²) in [6.07, 6.45) is 3.62. The summed E-state index contributed by atoms with van der Waals surface area (Å²) in [4.78, 5) is 10.3. The molecular formula is C11H10O3. The lowest BCUT2D eigenvalue weighted by Gasteiger charge is -1.99. The fraction of sp³-hybridized carbons (Fsp3) is 0.182. The van der Waals surface area contributed by atoms with Gasteiger partial charge in [0.2, 0.25) is 0 Å². The standard InChI is InChI=1S/C11H10O3/c12-11(13)4-2-8-1-3-9-5-6-14-10(9)7-8/h1-4,7H,5-6H2,(H,12,13). The molecule has 3 nitrogen and oxygen atoms in total. The van der Waals surface area contributed by atoms with Gasteiger partial charge in [-0.05, 0) is 23.3 Å². The van der Waals surface area contributed by atoms with Crippen LogP contribution in [-0.4, -0.2) is 17.7 Å². The van der Waals surface area contributed by atoms with Crippen molar-refractivity contribution in [2.75, 3.05) is 6.61 Å². The molecule has 0 amide bonds. The molecule has 72 valence electrons. The van der Waals surface area contributed by atoms with Gasteiger partial charge in [-0.2, -0.15) is 0 Å². The maximum atomic E-state index is 10.3. The van der Waals surface area contributed by atoms with Crippen LogP contribution in [0.1, 0.15) is 11.1 Å². The predicted molar refractivity (Wildman–Crippen MR) is 52.3 cm³/mol. The molecule has 2 rings (SSSR count). The maximum absolute atomic E-state index is 10.3. The van der Waals surface area contributed by atoms with Gasteiger partial charge in [-0.3, -0.25) is 0 Å². The summed E-state index contributed by atoms with van der Waals surface area (Å²) in [5.74, 6) is -0.0658. The smallest absolute Gasteiger partial charge is 0.328 e. The van der Waals surface area contributed by atoms with Crippen molar-refractivity contribution < 1.29 is 14.6 Å². The molecule has 0 saturated carbocycles. The second-order valence-electron chi connectivity index (χ2n) is 3.14. The third kappa shape index (κ3) is 1.76. The van der Waals surface area contributed by atoms with E-state index >= 15 is 0 Å². The minimum atomic E-state index is -0.939. The van der Waals surface area contributed by atoms with E-state index in [4.69, 9.17) is 9.84 Å². The zero-order chi connectivity index (χ0) is 9.97. The van der Waals surface area contributed by atoms with Gasteiger partial charge in [-0.15, -0.1) is 0 Å². The molecule has 0 bridgehead atoms. The second-order valence-corrected chi connectivity index (χ2v) is 3.14. The van der Waals surface area contributed by atoms with Crippen LogP contribution in [0, 0.1) is 0 Å². The average Bonchev–Trinajstić information content (AvgIpc) is 2.61. The van der Waals surface area contributed by atoms with Crippen molar-refractivity contribution in [3.05, 3.63) is 35.4 Å². The lowest BCUT2D eigenvalue weighted by Crippen LogP contribution is -1.87. The first-order valence-corrected chi connectivity index (χ1v) is 4.42. The molecule has 0 aromatic heterocycles. The van der Waals surface area contributed by atoms with Gasteiger partial charge in [0.15, 0.2) is 0 Å². The van der Waals surface area contributed by atoms with E-state index in [1.165, 1.54) is 5.56 Å². The number of carboxylic acid groups (broad SMARTS) is 1. The maximum Gasteiger partial charge on any atom is 0.328 e. The van der Waals surface area contributed by atoms with E-state index in [1.54, 1.807) is 6.08 Å². The van der Waals surface area contributed by atoms with Crippen molar-refractivity contribution >= 4 is 12.0 Å². The third-order valence-electron chi connectivity index (χ3n) is 2.14. The monoisotopic (exact) mass is 190 g/mol. The molecule has 1 heterocycles. The number of benzene rings is 1. The summed E-state index contributed by atoms with van der Waals surface area (Å²) >= 11 is 0. The Morgan fingerprint density at radius 1 is 1.50 bits per heavy atom. The van der Waals surface area contributed by atoms with E-state index in [0.717, 1.165) is 30.4 Å². The minimum Gasteiger partial charge on any atom is -0.493 e. The van der Waals surface area contributed by atoms with E-state index in [2.05, 4.69) is 0 Å². The van der Waals surface area contributed by atoms with Gasteiger partial charge in [0.05, 0.1) is 6.61 Å². The summed E-state index contributed by atoms with van der Waals surface area (Å²) in [5, 5.41) is 8.45. The molecule has 3 heteroatoms. The van der Waals surface area contributed by atoms with Crippen molar-refractivity contribution in [2.24, 2.45) is 0 Å². The quantitative estimate of drug-likeness (QED) is 0.722. The van der Waals surface area contributed by atoms with Crippen LogP contribution in [-0.2, 0) is 11.2 Å². The first-order valence-electron chi connectivity index (χ1n) is 4.42. The zero-order valence-electron chi connectivity index (χ0n) is 7.56. The molecule has 1 aliphatic rings. The Hall–Kier alpha value is -1.77. The number of hydrogen-bond donors (Lipinski definition) is 1. The molecule has 0 saturated heterocycles. The fourth-order valence-electron chi connectivity index (χ4n) is 1.45. The van der Waals surface area contributed by atoms with Crippen LogP contribution >= 0.6 is 0 Å². The van der Waals surface area contributed by atoms with Crippen LogP contribution in [0.4, 0.5) is 0 Å². The topological polar surface area (TPSA) is 46.5 Å². The van der Waals surface area contributed by atoms with Crippen molar-refractivity contribution in [1.29, 1.82) is 0 Å². The van der Waals surface area contributed by atoms with Crippen LogP contribution < -0.4 is 4.74 Å². The van der Waals surface area contributed by atoms with Crippen LogP contribution in [0.25, 0.3) is 6.08 Å². The van der Waals surface area contributed by atoms with Crippen LogP contribution in [0.15, 0.2) is 24.3 Å². The minimum absolute atomic E-state index is 0.724. The Morgan fingerprint density at radius 3 is 3.14 bits per heavy atom. The predicted octanol–water partition coefficient (Wildman–Crippen LogP) is 1.72. The molecule has 1 aromatic rings. The zero-order valence-corrected chi connectivity index (χ0v) is 7.56. The number of carboxylic acids is 1. The van der Waals surface area contributed by atoms with Crippen LogP contribution in [0.5, 0.6) is 5.75 Å². The van der Waals surface area contributed by atoms with Crippen LogP contribution in [0.3, 0.4) is 0 Å². The van der Waals surface area contributed by atoms with Gasteiger partial charge in [0.1, 0.15) is 5.75 Å². The largest absolute Gasteiger partial charge is 0.493 e. The fourth-order valence-corrected chi connectivity index (χ4v) is 1.45. The number of rotatable bonds is 2. The third-order valence-corrected chi connectivity index (χ3v) is 2.14. The Labute approximate surface area is 81.6 Å². The number of carbonyl (C=O) groups is 1. The van der Waals surface area contributed by atoms with Crippen molar-refractivity contribution in [2.45, 2.75) is 6.42 Å². The molecule has 0 fully saturated rings. The van der Waals surface area contributed by atoms with Gasteiger partial charge in [-0.25, -0.2) is 4.79 Å². The Kier molecular flexibility index (Phi) is 2.23. The van der Waals surface area contributed by atoms with Gasteiger partial charge in [0, 0.05) is 12.5 Å². The van der Waals surface area contributed by atoms with Gasteiger partial charge >= 0.3 is 5.97 Å². The van der Waals surface area contributed by atoms with Crippen molar-refractivity contribution in [1.82, 2.24) is 0 Å². The first kappa shape index (κ1) is 8.81. The molecule has 1 aromatic carbocycles. The highest BCUT2D eigenvalue weighted by Gasteiger charge is 2.10. The Morgan fingerprint density at radius 2 is 2.36 bits per heavy atom. The summed E-state index contributed by atoms with van der Waals surface area (Å²) in [6, 6.07) is 5.73. The van der Waals surface area contributed by atoms with Gasteiger partial charge in [-0.1, -0.05) is 12.1 Å².